The molecule has 36 heavy (non-hydrogen) atoms. The lowest BCUT2D eigenvalue weighted by molar-refractivity contribution is -0.166. The summed E-state index contributed by atoms with van der Waals surface area (Å²) in [5, 5.41) is 13.3. The van der Waals surface area contributed by atoms with E-state index in [0.717, 1.165) is 22.0 Å². The molecule has 7 nitrogen and oxygen atoms in total. The maximum Gasteiger partial charge on any atom is 0.286 e. The van der Waals surface area contributed by atoms with Gasteiger partial charge in [-0.1, -0.05) is 30.3 Å². The standard InChI is InChI=1S/C28H31FN2O5/c1-3-35-28-22(8-6-14-32)23(24-17-31(18(2)33)25-9-5-4-7-21(24)25)15-26(36-28)27(34)30-16-19-10-12-20(29)13-11-19/h4-5,7,9-13,15,17,22-23,28,32H,3,6,8,14,16H2,1-2H3,(H,30,34)/t22-,23-,28+/m0/s1. The molecule has 8 heteroatoms. The van der Waals surface area contributed by atoms with E-state index >= 15 is 0 Å². The fourth-order valence-corrected chi connectivity index (χ4v) is 4.73. The summed E-state index contributed by atoms with van der Waals surface area (Å²) in [5.74, 6) is -1.22. The van der Waals surface area contributed by atoms with Crippen LogP contribution >= 0.6 is 0 Å². The second-order valence-corrected chi connectivity index (χ2v) is 8.83. The first-order chi connectivity index (χ1) is 17.4. The van der Waals surface area contributed by atoms with Gasteiger partial charge in [-0.25, -0.2) is 4.39 Å². The first-order valence-electron chi connectivity index (χ1n) is 12.2. The number of aliphatic hydroxyl groups is 1. The number of para-hydroxylation sites is 1. The molecule has 0 unspecified atom stereocenters. The van der Waals surface area contributed by atoms with Crippen molar-refractivity contribution in [2.45, 2.75) is 45.4 Å². The fraction of sp³-hybridized carbons (Fsp3) is 0.357. The number of hydrogen-bond donors (Lipinski definition) is 2. The molecule has 0 aliphatic carbocycles. The van der Waals surface area contributed by atoms with Crippen LogP contribution in [0.2, 0.25) is 0 Å². The molecule has 4 rings (SSSR count). The fourth-order valence-electron chi connectivity index (χ4n) is 4.73. The van der Waals surface area contributed by atoms with Gasteiger partial charge in [0.15, 0.2) is 5.76 Å². The van der Waals surface area contributed by atoms with Crippen molar-refractivity contribution in [1.82, 2.24) is 9.88 Å². The average Bonchev–Trinajstić information content (AvgIpc) is 3.27. The third-order valence-electron chi connectivity index (χ3n) is 6.44. The van der Waals surface area contributed by atoms with Crippen LogP contribution in [-0.4, -0.2) is 41.0 Å². The van der Waals surface area contributed by atoms with Crippen LogP contribution < -0.4 is 5.32 Å². The predicted molar refractivity (Wildman–Crippen MR) is 134 cm³/mol. The van der Waals surface area contributed by atoms with Crippen LogP contribution in [0.25, 0.3) is 10.9 Å². The van der Waals surface area contributed by atoms with Gasteiger partial charge < -0.3 is 19.9 Å². The van der Waals surface area contributed by atoms with Gasteiger partial charge in [0, 0.05) is 50.1 Å². The Hall–Kier alpha value is -3.49. The number of ether oxygens (including phenoxy) is 2. The highest BCUT2D eigenvalue weighted by Crippen LogP contribution is 2.42. The van der Waals surface area contributed by atoms with E-state index in [2.05, 4.69) is 5.32 Å². The van der Waals surface area contributed by atoms with Crippen molar-refractivity contribution in [2.75, 3.05) is 13.2 Å². The minimum absolute atomic E-state index is 0.0198. The van der Waals surface area contributed by atoms with Crippen molar-refractivity contribution in [1.29, 1.82) is 0 Å². The lowest BCUT2D eigenvalue weighted by atomic mass is 9.80. The first-order valence-corrected chi connectivity index (χ1v) is 12.2. The van der Waals surface area contributed by atoms with E-state index in [0.29, 0.717) is 19.4 Å². The smallest absolute Gasteiger partial charge is 0.286 e. The normalized spacial score (nSPS) is 19.6. The zero-order valence-corrected chi connectivity index (χ0v) is 20.4. The molecule has 0 fully saturated rings. The summed E-state index contributed by atoms with van der Waals surface area (Å²) in [6.45, 7) is 3.98. The van der Waals surface area contributed by atoms with Gasteiger partial charge in [0.2, 0.25) is 12.2 Å². The number of nitrogens with one attached hydrogen (secondary N) is 1. The summed E-state index contributed by atoms with van der Waals surface area (Å²) in [6.07, 6.45) is 4.04. The zero-order valence-electron chi connectivity index (χ0n) is 20.4. The molecule has 0 saturated carbocycles. The molecule has 1 aliphatic rings. The number of fused-ring (bicyclic) bond motifs is 1. The average molecular weight is 495 g/mol. The lowest BCUT2D eigenvalue weighted by Gasteiger charge is -2.36. The summed E-state index contributed by atoms with van der Waals surface area (Å²) in [4.78, 5) is 25.5. The molecule has 2 aromatic carbocycles. The maximum atomic E-state index is 13.2. The highest BCUT2D eigenvalue weighted by molar-refractivity contribution is 5.95. The number of halogens is 1. The molecule has 3 aromatic rings. The Bertz CT molecular complexity index is 1250. The number of carbonyl (C=O) groups excluding carboxylic acids is 2. The van der Waals surface area contributed by atoms with Crippen LogP contribution in [-0.2, 0) is 20.8 Å². The van der Waals surface area contributed by atoms with Crippen molar-refractivity contribution in [2.24, 2.45) is 5.92 Å². The molecule has 190 valence electrons. The van der Waals surface area contributed by atoms with Crippen molar-refractivity contribution in [3.05, 3.63) is 83.5 Å². The molecule has 1 amide bonds. The highest BCUT2D eigenvalue weighted by atomic mass is 19.1. The van der Waals surface area contributed by atoms with Crippen LogP contribution in [0, 0.1) is 11.7 Å². The van der Waals surface area contributed by atoms with E-state index in [-0.39, 0.29) is 42.5 Å². The van der Waals surface area contributed by atoms with Gasteiger partial charge in [0.1, 0.15) is 5.82 Å². The SMILES string of the molecule is CCO[C@@H]1OC(C(=O)NCc2ccc(F)cc2)=C[C@H](c2cn(C(C)=O)c3ccccc23)[C@@H]1CCCO. The molecule has 2 heterocycles. The summed E-state index contributed by atoms with van der Waals surface area (Å²) in [6, 6.07) is 13.6. The predicted octanol–water partition coefficient (Wildman–Crippen LogP) is 4.51. The number of allylic oxidation sites excluding steroid dienone is 1. The second-order valence-electron chi connectivity index (χ2n) is 8.83. The van der Waals surface area contributed by atoms with Crippen LogP contribution in [0.4, 0.5) is 4.39 Å². The van der Waals surface area contributed by atoms with Crippen molar-refractivity contribution in [3.63, 3.8) is 0 Å². The van der Waals surface area contributed by atoms with E-state index < -0.39 is 12.2 Å². The van der Waals surface area contributed by atoms with Crippen LogP contribution in [0.3, 0.4) is 0 Å². The molecule has 0 radical (unpaired) electrons. The number of carbonyl (C=O) groups is 2. The number of aromatic nitrogens is 1. The minimum Gasteiger partial charge on any atom is -0.459 e. The molecule has 0 saturated heterocycles. The van der Waals surface area contributed by atoms with Crippen molar-refractivity contribution >= 4 is 22.7 Å². The third kappa shape index (κ3) is 5.50. The summed E-state index contributed by atoms with van der Waals surface area (Å²) in [7, 11) is 0. The van der Waals surface area contributed by atoms with Gasteiger partial charge in [0.05, 0.1) is 5.52 Å². The number of rotatable bonds is 9. The number of hydrogen-bond acceptors (Lipinski definition) is 5. The van der Waals surface area contributed by atoms with Gasteiger partial charge in [-0.15, -0.1) is 0 Å². The Morgan fingerprint density at radius 3 is 2.61 bits per heavy atom. The van der Waals surface area contributed by atoms with Gasteiger partial charge >= 0.3 is 0 Å². The summed E-state index contributed by atoms with van der Waals surface area (Å²) >= 11 is 0. The van der Waals surface area contributed by atoms with Gasteiger partial charge in [-0.3, -0.25) is 14.2 Å². The third-order valence-corrected chi connectivity index (χ3v) is 6.44. The van der Waals surface area contributed by atoms with Crippen molar-refractivity contribution in [3.8, 4) is 0 Å². The topological polar surface area (TPSA) is 89.8 Å². The molecule has 1 aromatic heterocycles. The van der Waals surface area contributed by atoms with Crippen LogP contribution in [0.15, 0.2) is 66.6 Å². The minimum atomic E-state index is -0.706. The van der Waals surface area contributed by atoms with E-state index in [1.54, 1.807) is 22.8 Å². The Labute approximate surface area is 209 Å². The van der Waals surface area contributed by atoms with E-state index in [1.165, 1.54) is 19.1 Å². The Morgan fingerprint density at radius 1 is 1.17 bits per heavy atom. The Balaban J connectivity index is 1.72. The van der Waals surface area contributed by atoms with Crippen LogP contribution in [0.5, 0.6) is 0 Å². The molecule has 2 N–H and O–H groups in total. The van der Waals surface area contributed by atoms with E-state index in [1.807, 2.05) is 37.4 Å². The maximum absolute atomic E-state index is 13.2. The molecule has 1 aliphatic heterocycles. The lowest BCUT2D eigenvalue weighted by Crippen LogP contribution is -2.39. The first kappa shape index (κ1) is 25.6. The largest absolute Gasteiger partial charge is 0.459 e. The van der Waals surface area contributed by atoms with E-state index in [9.17, 15) is 19.1 Å². The number of benzene rings is 2. The number of aliphatic hydroxyl groups excluding tert-OH is 1. The van der Waals surface area contributed by atoms with Gasteiger partial charge in [0.25, 0.3) is 5.91 Å². The quantitative estimate of drug-likeness (QED) is 0.457. The number of nitrogens with zero attached hydrogens (tertiary/aromatic N) is 1. The van der Waals surface area contributed by atoms with E-state index in [4.69, 9.17) is 9.47 Å². The summed E-state index contributed by atoms with van der Waals surface area (Å²) in [5.41, 5.74) is 2.43. The van der Waals surface area contributed by atoms with Crippen LogP contribution in [0.1, 0.15) is 48.5 Å². The van der Waals surface area contributed by atoms with Crippen molar-refractivity contribution < 1.29 is 28.6 Å². The molecule has 3 atom stereocenters. The number of amides is 1. The second kappa shape index (κ2) is 11.5. The Morgan fingerprint density at radius 2 is 1.92 bits per heavy atom. The van der Waals surface area contributed by atoms with Gasteiger partial charge in [-0.2, -0.15) is 0 Å². The van der Waals surface area contributed by atoms with Gasteiger partial charge in [-0.05, 0) is 55.2 Å². The monoisotopic (exact) mass is 494 g/mol. The molecule has 0 spiro atoms. The highest BCUT2D eigenvalue weighted by Gasteiger charge is 2.39. The molecular weight excluding hydrogens is 463 g/mol. The zero-order chi connectivity index (χ0) is 25.7. The molecule has 0 bridgehead atoms. The summed E-state index contributed by atoms with van der Waals surface area (Å²) < 4.78 is 26.8. The molecular formula is C28H31FN2O5. The Kier molecular flexibility index (Phi) is 8.18.